The van der Waals surface area contributed by atoms with Gasteiger partial charge in [0.05, 0.1) is 12.7 Å². The minimum absolute atomic E-state index is 0.0107. The van der Waals surface area contributed by atoms with E-state index in [-0.39, 0.29) is 36.4 Å². The second-order valence-corrected chi connectivity index (χ2v) is 12.3. The first-order valence-corrected chi connectivity index (χ1v) is 12.4. The molecule has 1 aromatic carbocycles. The molecule has 13 heteroatoms. The molecule has 11 nitrogen and oxygen atoms in total. The Morgan fingerprint density at radius 1 is 1.20 bits per heavy atom. The third-order valence-electron chi connectivity index (χ3n) is 4.34. The molecule has 1 rings (SSSR count). The third kappa shape index (κ3) is 7.10. The van der Waals surface area contributed by atoms with Crippen molar-refractivity contribution in [1.29, 1.82) is 0 Å². The number of phenols is 1. The molecule has 0 amide bonds. The third-order valence-corrected chi connectivity index (χ3v) is 8.65. The summed E-state index contributed by atoms with van der Waals surface area (Å²) in [7, 11) is -10.7. The maximum absolute atomic E-state index is 12.5. The molecule has 0 aliphatic rings. The Labute approximate surface area is 175 Å². The number of hydrogen-bond donors (Lipinski definition) is 8. The van der Waals surface area contributed by atoms with E-state index in [2.05, 4.69) is 5.32 Å². The van der Waals surface area contributed by atoms with Gasteiger partial charge in [-0.05, 0) is 51.4 Å². The van der Waals surface area contributed by atoms with E-state index in [1.165, 1.54) is 18.2 Å². The van der Waals surface area contributed by atoms with Gasteiger partial charge in [-0.15, -0.1) is 0 Å². The summed E-state index contributed by atoms with van der Waals surface area (Å²) in [5.74, 6) is -0.323. The van der Waals surface area contributed by atoms with Crippen molar-refractivity contribution >= 4 is 15.2 Å². The van der Waals surface area contributed by atoms with Gasteiger partial charge in [-0.3, -0.25) is 9.13 Å². The van der Waals surface area contributed by atoms with Gasteiger partial charge in [0.15, 0.2) is 0 Å². The van der Waals surface area contributed by atoms with Crippen LogP contribution in [0.2, 0.25) is 0 Å². The number of phenolic OH excluding ortho intramolecular Hbond substituents is 1. The van der Waals surface area contributed by atoms with Crippen molar-refractivity contribution in [3.05, 3.63) is 29.3 Å². The van der Waals surface area contributed by atoms with Gasteiger partial charge < -0.3 is 45.6 Å². The summed E-state index contributed by atoms with van der Waals surface area (Å²) in [4.78, 5) is 28.9. The number of aromatic hydroxyl groups is 1. The van der Waals surface area contributed by atoms with E-state index < -0.39 is 39.4 Å². The van der Waals surface area contributed by atoms with Crippen LogP contribution in [-0.4, -0.2) is 53.7 Å². The van der Waals surface area contributed by atoms with Crippen molar-refractivity contribution in [2.75, 3.05) is 13.1 Å². The zero-order valence-corrected chi connectivity index (χ0v) is 19.0. The largest absolute Gasteiger partial charge is 0.508 e. The Hall–Kier alpha value is -0.840. The molecule has 0 saturated carbocycles. The van der Waals surface area contributed by atoms with Crippen LogP contribution in [0.15, 0.2) is 18.2 Å². The highest BCUT2D eigenvalue weighted by atomic mass is 31.2. The number of aliphatic hydroxyl groups is 2. The van der Waals surface area contributed by atoms with Gasteiger partial charge in [0.2, 0.25) is 0 Å². The van der Waals surface area contributed by atoms with Gasteiger partial charge in [-0.1, -0.05) is 6.07 Å². The molecule has 0 aliphatic carbocycles. The minimum Gasteiger partial charge on any atom is -0.508 e. The summed E-state index contributed by atoms with van der Waals surface area (Å²) in [6.07, 6.45) is -1.85. The first-order valence-electron chi connectivity index (χ1n) is 9.24. The van der Waals surface area contributed by atoms with Crippen LogP contribution >= 0.6 is 15.2 Å². The number of hydrogen-bond acceptors (Lipinski definition) is 8. The molecule has 0 aromatic heterocycles. The summed E-state index contributed by atoms with van der Waals surface area (Å²) in [6, 6.07) is 4.04. The highest BCUT2D eigenvalue weighted by molar-refractivity contribution is 7.72. The van der Waals surface area contributed by atoms with E-state index in [4.69, 9.17) is 10.3 Å². The van der Waals surface area contributed by atoms with E-state index in [0.717, 1.165) is 0 Å². The molecule has 0 saturated heterocycles. The Bertz CT molecular complexity index is 809. The smallest absolute Gasteiger partial charge is 0.372 e. The molecule has 0 fully saturated rings. The van der Waals surface area contributed by atoms with Crippen molar-refractivity contribution in [2.24, 2.45) is 5.73 Å². The Morgan fingerprint density at radius 3 is 2.30 bits per heavy atom. The molecule has 174 valence electrons. The van der Waals surface area contributed by atoms with Crippen molar-refractivity contribution in [3.63, 3.8) is 0 Å². The molecule has 9 N–H and O–H groups in total. The lowest BCUT2D eigenvalue weighted by Crippen LogP contribution is -2.38. The lowest BCUT2D eigenvalue weighted by Gasteiger charge is -2.32. The fourth-order valence-electron chi connectivity index (χ4n) is 2.50. The van der Waals surface area contributed by atoms with Gasteiger partial charge in [0.1, 0.15) is 5.75 Å². The van der Waals surface area contributed by atoms with Gasteiger partial charge in [0.25, 0.3) is 5.08 Å². The summed E-state index contributed by atoms with van der Waals surface area (Å²) in [6.45, 7) is 5.14. The Balaban J connectivity index is 3.04. The fourth-order valence-corrected chi connectivity index (χ4v) is 5.40. The van der Waals surface area contributed by atoms with Crippen LogP contribution in [-0.2, 0) is 20.3 Å². The lowest BCUT2D eigenvalue weighted by molar-refractivity contribution is 0.104. The van der Waals surface area contributed by atoms with Gasteiger partial charge in [0, 0.05) is 24.1 Å². The predicted molar refractivity (Wildman–Crippen MR) is 111 cm³/mol. The highest BCUT2D eigenvalue weighted by Crippen LogP contribution is 2.71. The highest BCUT2D eigenvalue weighted by Gasteiger charge is 2.60. The molecule has 0 aliphatic heterocycles. The maximum atomic E-state index is 12.5. The molecule has 30 heavy (non-hydrogen) atoms. The van der Waals surface area contributed by atoms with E-state index in [9.17, 15) is 39.1 Å². The van der Waals surface area contributed by atoms with Crippen LogP contribution < -0.4 is 11.1 Å². The predicted octanol–water partition coefficient (Wildman–Crippen LogP) is 1.08. The van der Waals surface area contributed by atoms with E-state index in [1.807, 2.05) is 20.8 Å². The molecule has 3 atom stereocenters. The zero-order valence-electron chi connectivity index (χ0n) is 17.2. The van der Waals surface area contributed by atoms with Crippen molar-refractivity contribution < 1.29 is 43.7 Å². The summed E-state index contributed by atoms with van der Waals surface area (Å²) < 4.78 is 29.0. The summed E-state index contributed by atoms with van der Waals surface area (Å²) in [5, 5.41) is 30.4. The van der Waals surface area contributed by atoms with E-state index >= 15 is 0 Å². The number of aliphatic hydroxyl groups excluding tert-OH is 1. The number of nitrogens with two attached hydrogens (primary N) is 1. The van der Waals surface area contributed by atoms with Crippen LogP contribution in [0.25, 0.3) is 0 Å². The topological polar surface area (TPSA) is 203 Å². The SMILES string of the molecule is CC(C)(C)NCC(O)c1ccc(O)c(COP(=O)(O)C(O)(CCCN)P(=O)(O)O)c1. The van der Waals surface area contributed by atoms with Crippen LogP contribution in [0.1, 0.15) is 50.8 Å². The monoisotopic (exact) mass is 470 g/mol. The number of benzene rings is 1. The van der Waals surface area contributed by atoms with Crippen LogP contribution in [0, 0.1) is 0 Å². The molecule has 3 unspecified atom stereocenters. The summed E-state index contributed by atoms with van der Waals surface area (Å²) in [5.41, 5.74) is 5.39. The molecule has 1 aromatic rings. The van der Waals surface area contributed by atoms with Crippen LogP contribution in [0.4, 0.5) is 0 Å². The molecule has 0 spiro atoms. The molecule has 0 radical (unpaired) electrons. The number of rotatable bonds is 11. The normalized spacial score (nSPS) is 17.9. The fraction of sp³-hybridized carbons (Fsp3) is 0.647. The number of β-amino-alcohol motifs (C(OH)–C–C–N with tert-alkyl or cyclic N) is 1. The van der Waals surface area contributed by atoms with Crippen molar-refractivity contribution in [2.45, 2.75) is 56.9 Å². The number of nitrogens with one attached hydrogen (secondary N) is 1. The molecular weight excluding hydrogens is 438 g/mol. The van der Waals surface area contributed by atoms with E-state index in [1.54, 1.807) is 0 Å². The average Bonchev–Trinajstić information content (AvgIpc) is 2.61. The first-order chi connectivity index (χ1) is 13.5. The first kappa shape index (κ1) is 27.2. The molecular formula is C17H32N2O9P2. The minimum atomic E-state index is -5.47. The van der Waals surface area contributed by atoms with Gasteiger partial charge in [-0.2, -0.15) is 0 Å². The summed E-state index contributed by atoms with van der Waals surface area (Å²) >= 11 is 0. The average molecular weight is 470 g/mol. The Morgan fingerprint density at radius 2 is 1.80 bits per heavy atom. The standard InChI is InChI=1S/C17H32N2O9P2/c1-16(2,3)19-10-15(21)12-5-6-14(20)13(9-12)11-28-30(26,27)17(22,7-4-8-18)29(23,24)25/h5-6,9,15,19-22H,4,7-8,10-11,18H2,1-3H3,(H,26,27)(H2,23,24,25). The van der Waals surface area contributed by atoms with Crippen LogP contribution in [0.3, 0.4) is 0 Å². The Kier molecular flexibility index (Phi) is 9.23. The van der Waals surface area contributed by atoms with E-state index in [0.29, 0.717) is 5.56 Å². The quantitative estimate of drug-likeness (QED) is 0.215. The lowest BCUT2D eigenvalue weighted by atomic mass is 10.0. The van der Waals surface area contributed by atoms with Gasteiger partial charge >= 0.3 is 15.2 Å². The maximum Gasteiger partial charge on any atom is 0.372 e. The van der Waals surface area contributed by atoms with Crippen molar-refractivity contribution in [1.82, 2.24) is 5.32 Å². The molecule has 0 bridgehead atoms. The van der Waals surface area contributed by atoms with Gasteiger partial charge in [-0.25, -0.2) is 0 Å². The second-order valence-electron chi connectivity index (χ2n) is 8.04. The second kappa shape index (κ2) is 10.2. The van der Waals surface area contributed by atoms with Crippen LogP contribution in [0.5, 0.6) is 5.75 Å². The molecule has 0 heterocycles. The van der Waals surface area contributed by atoms with Crippen molar-refractivity contribution in [3.8, 4) is 5.75 Å². The zero-order chi connectivity index (χ0) is 23.4.